The number of aryl methyl sites for hydroxylation is 1. The highest BCUT2D eigenvalue weighted by atomic mass is 16.6. The van der Waals surface area contributed by atoms with Crippen LogP contribution in [0, 0.1) is 47.3 Å². The van der Waals surface area contributed by atoms with Gasteiger partial charge in [-0.2, -0.15) is 0 Å². The lowest BCUT2D eigenvalue weighted by Gasteiger charge is -2.46. The molecule has 12 nitrogen and oxygen atoms in total. The van der Waals surface area contributed by atoms with Gasteiger partial charge in [0.25, 0.3) is 5.78 Å². The molecular formula is C54H81N2O10+. The summed E-state index contributed by atoms with van der Waals surface area (Å²) in [7, 11) is 3.26. The highest BCUT2D eigenvalue weighted by molar-refractivity contribution is 6.34. The number of hydrogen-bond donors (Lipinski definition) is 3. The Hall–Kier alpha value is -3.52. The summed E-state index contributed by atoms with van der Waals surface area (Å²) in [6.07, 6.45) is 9.69. The first-order chi connectivity index (χ1) is 31.4. The van der Waals surface area contributed by atoms with Crippen LogP contribution in [0.4, 0.5) is 0 Å². The van der Waals surface area contributed by atoms with Gasteiger partial charge in [0.05, 0.1) is 30.3 Å². The Morgan fingerprint density at radius 1 is 0.833 bits per heavy atom. The van der Waals surface area contributed by atoms with Gasteiger partial charge >= 0.3 is 5.91 Å². The van der Waals surface area contributed by atoms with Gasteiger partial charge in [-0.15, -0.1) is 4.65 Å². The third kappa shape index (κ3) is 11.7. The minimum Gasteiger partial charge on any atom is -0.488 e. The van der Waals surface area contributed by atoms with E-state index in [2.05, 4.69) is 42.8 Å². The summed E-state index contributed by atoms with van der Waals surface area (Å²) in [5, 5.41) is 36.8. The SMILES string of the molecule is CCC1/C=C(\C)CC(C)CC(OC)C2C[N+](O)(C(=O)C(=O)C3CCCCC3C(=O)CC(C(C)=CC3CCC(Oc4ccc5c(ccn5CC)c4)C(O)C3)C(C)C(O)CC1=O)C(C)CC2OC. The fraction of sp³-hybridized carbons (Fsp3) is 0.704. The van der Waals surface area contributed by atoms with Gasteiger partial charge in [0, 0.05) is 74.9 Å². The normalized spacial score (nSPS) is 38.3. The van der Waals surface area contributed by atoms with E-state index in [1.165, 1.54) is 0 Å². The maximum absolute atomic E-state index is 14.8. The summed E-state index contributed by atoms with van der Waals surface area (Å²) in [4.78, 5) is 57.9. The smallest absolute Gasteiger partial charge is 0.414 e. The fourth-order valence-corrected chi connectivity index (χ4v) is 12.3. The summed E-state index contributed by atoms with van der Waals surface area (Å²) in [6.45, 7) is 14.7. The Balaban J connectivity index is 1.28. The number of ether oxygens (including phenoxy) is 3. The second-order valence-electron chi connectivity index (χ2n) is 20.9. The topological polar surface area (TPSA) is 162 Å². The average molecular weight is 918 g/mol. The Kier molecular flexibility index (Phi) is 17.9. The summed E-state index contributed by atoms with van der Waals surface area (Å²) >= 11 is 0. The molecule has 12 heteroatoms. The van der Waals surface area contributed by atoms with Crippen LogP contribution in [0.1, 0.15) is 132 Å². The van der Waals surface area contributed by atoms with Gasteiger partial charge in [-0.1, -0.05) is 56.9 Å². The molecule has 4 aliphatic rings. The van der Waals surface area contributed by atoms with E-state index in [9.17, 15) is 34.6 Å². The Labute approximate surface area is 393 Å². The maximum atomic E-state index is 14.8. The van der Waals surface area contributed by atoms with Crippen LogP contribution < -0.4 is 4.74 Å². The number of quaternary nitrogens is 1. The van der Waals surface area contributed by atoms with Crippen molar-refractivity contribution in [2.75, 3.05) is 20.8 Å². The third-order valence-electron chi connectivity index (χ3n) is 16.4. The molecular weight excluding hydrogens is 837 g/mol. The van der Waals surface area contributed by atoms with E-state index in [0.717, 1.165) is 47.2 Å². The number of ketones is 3. The highest BCUT2D eigenvalue weighted by Crippen LogP contribution is 2.41. The zero-order valence-corrected chi connectivity index (χ0v) is 41.3. The summed E-state index contributed by atoms with van der Waals surface area (Å²) in [5.41, 5.74) is 3.08. The Morgan fingerprint density at radius 2 is 1.53 bits per heavy atom. The van der Waals surface area contributed by atoms with Crippen LogP contribution in [0.5, 0.6) is 5.75 Å². The van der Waals surface area contributed by atoms with E-state index in [-0.39, 0.29) is 72.9 Å². The van der Waals surface area contributed by atoms with Crippen molar-refractivity contribution in [3.8, 4) is 5.75 Å². The molecule has 66 heavy (non-hydrogen) atoms. The van der Waals surface area contributed by atoms with Crippen LogP contribution in [-0.2, 0) is 35.2 Å². The van der Waals surface area contributed by atoms with E-state index in [1.54, 1.807) is 21.1 Å². The number of carbonyl (C=O) groups is 4. The van der Waals surface area contributed by atoms with Crippen LogP contribution in [0.25, 0.3) is 10.9 Å². The van der Waals surface area contributed by atoms with E-state index in [0.29, 0.717) is 57.8 Å². The summed E-state index contributed by atoms with van der Waals surface area (Å²) in [5.74, 6) is -4.28. The summed E-state index contributed by atoms with van der Waals surface area (Å²) < 4.78 is 19.5. The van der Waals surface area contributed by atoms with Gasteiger partial charge in [-0.3, -0.25) is 14.4 Å². The predicted molar refractivity (Wildman–Crippen MR) is 255 cm³/mol. The van der Waals surface area contributed by atoms with Gasteiger partial charge in [0.1, 0.15) is 36.0 Å². The second-order valence-corrected chi connectivity index (χ2v) is 20.9. The molecule has 2 saturated carbocycles. The molecule has 366 valence electrons. The molecule has 1 saturated heterocycles. The standard InChI is InChI=1S/C54H81N2O10/c1-10-38-23-32(3)22-33(4)24-51(64-8)44-31-56(63,35(6)26-52(44)65-9)54(62)53(61)42-15-13-12-14-41(42)48(59)29-43(36(7)46(57)30-47(38)58)34(5)25-37-16-19-50(49(60)27-37)66-40-17-18-45-39(28-40)20-21-55(45)11-2/h17-18,20-21,23,25,28,33,35-38,41-44,46,49-52,57,60,63H,10-16,19,22,24,26-27,29-31H2,1-9H3/q+1/b32-23+,34-25?. The maximum Gasteiger partial charge on any atom is 0.414 e. The van der Waals surface area contributed by atoms with Gasteiger partial charge in [0.2, 0.25) is 0 Å². The number of hydrogen-bond acceptors (Lipinski definition) is 10. The van der Waals surface area contributed by atoms with E-state index < -0.39 is 58.3 Å². The number of aromatic nitrogens is 1. The number of rotatable bonds is 8. The molecule has 15 unspecified atom stereocenters. The molecule has 3 fully saturated rings. The second kappa shape index (κ2) is 22.7. The van der Waals surface area contributed by atoms with Crippen LogP contribution >= 0.6 is 0 Å². The molecule has 2 aliphatic heterocycles. The largest absolute Gasteiger partial charge is 0.488 e. The zero-order chi connectivity index (χ0) is 48.0. The lowest BCUT2D eigenvalue weighted by molar-refractivity contribution is -1.06. The average Bonchev–Trinajstić information content (AvgIpc) is 3.72. The number of fused-ring (bicyclic) bond motifs is 4. The number of Topliss-reactive ketones (excluding diaryl/α,β-unsaturated/α-hetero) is 3. The lowest BCUT2D eigenvalue weighted by Crippen LogP contribution is -2.67. The van der Waals surface area contributed by atoms with Crippen molar-refractivity contribution in [1.29, 1.82) is 0 Å². The first-order valence-electron chi connectivity index (χ1n) is 25.2. The van der Waals surface area contributed by atoms with Crippen LogP contribution in [0.3, 0.4) is 0 Å². The monoisotopic (exact) mass is 918 g/mol. The molecule has 2 bridgehead atoms. The number of methoxy groups -OCH3 is 2. The van der Waals surface area contributed by atoms with Crippen LogP contribution in [-0.4, -0.2) is 105 Å². The first-order valence-corrected chi connectivity index (χ1v) is 25.2. The van der Waals surface area contributed by atoms with Crippen molar-refractivity contribution in [3.05, 3.63) is 53.8 Å². The minimum absolute atomic E-state index is 0.0102. The van der Waals surface area contributed by atoms with E-state index in [1.807, 2.05) is 45.9 Å². The minimum atomic E-state index is -1.05. The zero-order valence-electron chi connectivity index (χ0n) is 41.3. The first kappa shape index (κ1) is 51.9. The van der Waals surface area contributed by atoms with Gasteiger partial charge < -0.3 is 29.0 Å². The van der Waals surface area contributed by atoms with Gasteiger partial charge in [0.15, 0.2) is 0 Å². The number of allylic oxidation sites excluding steroid dienone is 4. The van der Waals surface area contributed by atoms with E-state index in [4.69, 9.17) is 14.2 Å². The number of aliphatic hydroxyl groups excluding tert-OH is 2. The number of benzene rings is 1. The summed E-state index contributed by atoms with van der Waals surface area (Å²) in [6, 6.07) is 7.48. The number of piperidine rings is 1. The Bertz CT molecular complexity index is 2070. The van der Waals surface area contributed by atoms with Crippen molar-refractivity contribution < 1.29 is 53.5 Å². The molecule has 6 rings (SSSR count). The number of amides is 1. The molecule has 0 radical (unpaired) electrons. The molecule has 2 aliphatic carbocycles. The molecule has 3 heterocycles. The molecule has 2 aromatic rings. The van der Waals surface area contributed by atoms with Crippen molar-refractivity contribution in [2.24, 2.45) is 47.3 Å². The van der Waals surface area contributed by atoms with Crippen molar-refractivity contribution >= 4 is 34.2 Å². The van der Waals surface area contributed by atoms with Crippen LogP contribution in [0.2, 0.25) is 0 Å². The third-order valence-corrected chi connectivity index (χ3v) is 16.4. The van der Waals surface area contributed by atoms with Crippen molar-refractivity contribution in [2.45, 2.75) is 175 Å². The van der Waals surface area contributed by atoms with Gasteiger partial charge in [-0.05, 0) is 127 Å². The predicted octanol–water partition coefficient (Wildman–Crippen LogP) is 9.00. The van der Waals surface area contributed by atoms with Crippen molar-refractivity contribution in [1.82, 2.24) is 4.57 Å². The number of hydroxylamine groups is 3. The van der Waals surface area contributed by atoms with Gasteiger partial charge in [-0.25, -0.2) is 10.0 Å². The van der Waals surface area contributed by atoms with Crippen molar-refractivity contribution in [3.63, 3.8) is 0 Å². The number of aliphatic hydroxyl groups is 2. The molecule has 0 spiro atoms. The highest BCUT2D eigenvalue weighted by Gasteiger charge is 2.57. The molecule has 15 atom stereocenters. The molecule has 3 N–H and O–H groups in total. The quantitative estimate of drug-likeness (QED) is 0.101. The van der Waals surface area contributed by atoms with Crippen LogP contribution in [0.15, 0.2) is 53.8 Å². The lowest BCUT2D eigenvalue weighted by atomic mass is 9.70. The fourth-order valence-electron chi connectivity index (χ4n) is 12.3. The Morgan fingerprint density at radius 3 is 2.20 bits per heavy atom. The van der Waals surface area contributed by atoms with E-state index >= 15 is 0 Å². The molecule has 1 aromatic heterocycles. The number of carbonyl (C=O) groups excluding carboxylic acids is 4. The number of nitrogens with zero attached hydrogens (tertiary/aromatic N) is 2. The molecule has 1 amide bonds. The molecule has 1 aromatic carbocycles.